The number of carbonyl (C=O) groups is 1. The van der Waals surface area contributed by atoms with Gasteiger partial charge in [0.1, 0.15) is 6.54 Å². The fourth-order valence-electron chi connectivity index (χ4n) is 1.69. The van der Waals surface area contributed by atoms with Crippen molar-refractivity contribution in [2.24, 2.45) is 0 Å². The molecule has 1 amide bonds. The van der Waals surface area contributed by atoms with Gasteiger partial charge >= 0.3 is 5.69 Å². The van der Waals surface area contributed by atoms with Crippen LogP contribution in [0.2, 0.25) is 0 Å². The lowest BCUT2D eigenvalue weighted by molar-refractivity contribution is -0.116. The minimum Gasteiger partial charge on any atom is -0.399 e. The monoisotopic (exact) mass is 274 g/mol. The molecule has 0 aliphatic heterocycles. The number of benzene rings is 1. The highest BCUT2D eigenvalue weighted by molar-refractivity contribution is 5.91. The number of hydrogen-bond donors (Lipinski definition) is 3. The maximum atomic E-state index is 11.9. The normalized spacial score (nSPS) is 10.2. The Morgan fingerprint density at radius 2 is 2.10 bits per heavy atom. The van der Waals surface area contributed by atoms with Gasteiger partial charge in [-0.25, -0.2) is 4.79 Å². The third kappa shape index (κ3) is 3.14. The van der Waals surface area contributed by atoms with Gasteiger partial charge in [-0.15, -0.1) is 0 Å². The first-order valence-corrected chi connectivity index (χ1v) is 5.91. The van der Waals surface area contributed by atoms with Gasteiger partial charge in [-0.1, -0.05) is 6.07 Å². The number of H-pyrrole nitrogens is 1. The molecule has 7 nitrogen and oxygen atoms in total. The van der Waals surface area contributed by atoms with E-state index in [0.717, 1.165) is 10.1 Å². The molecule has 2 rings (SSSR count). The number of anilines is 2. The fraction of sp³-hybridized carbons (Fsp3) is 0.154. The van der Waals surface area contributed by atoms with Crippen LogP contribution >= 0.6 is 0 Å². The first-order chi connectivity index (χ1) is 9.45. The quantitative estimate of drug-likeness (QED) is 0.688. The number of aryl methyl sites for hydroxylation is 1. The first-order valence-electron chi connectivity index (χ1n) is 5.91. The van der Waals surface area contributed by atoms with Crippen LogP contribution in [0.3, 0.4) is 0 Å². The second-order valence-electron chi connectivity index (χ2n) is 4.36. The molecule has 0 aliphatic carbocycles. The first kappa shape index (κ1) is 13.6. The molecule has 104 valence electrons. The van der Waals surface area contributed by atoms with Crippen molar-refractivity contribution in [1.29, 1.82) is 0 Å². The van der Waals surface area contributed by atoms with E-state index >= 15 is 0 Å². The predicted octanol–water partition coefficient (Wildman–Crippen LogP) is 0.0659. The van der Waals surface area contributed by atoms with Gasteiger partial charge in [-0.05, 0) is 24.6 Å². The smallest absolute Gasteiger partial charge is 0.328 e. The van der Waals surface area contributed by atoms with Gasteiger partial charge in [-0.3, -0.25) is 19.1 Å². The second-order valence-corrected chi connectivity index (χ2v) is 4.36. The maximum Gasteiger partial charge on any atom is 0.328 e. The van der Waals surface area contributed by atoms with Crippen molar-refractivity contribution in [3.63, 3.8) is 0 Å². The number of aromatic amines is 1. The van der Waals surface area contributed by atoms with Crippen molar-refractivity contribution in [2.45, 2.75) is 13.5 Å². The van der Waals surface area contributed by atoms with E-state index in [2.05, 4.69) is 10.3 Å². The highest BCUT2D eigenvalue weighted by atomic mass is 16.2. The van der Waals surface area contributed by atoms with Crippen LogP contribution in [-0.4, -0.2) is 15.5 Å². The van der Waals surface area contributed by atoms with Crippen LogP contribution in [-0.2, 0) is 11.3 Å². The maximum absolute atomic E-state index is 11.9. The molecule has 0 fully saturated rings. The van der Waals surface area contributed by atoms with Crippen molar-refractivity contribution in [2.75, 3.05) is 11.1 Å². The zero-order valence-corrected chi connectivity index (χ0v) is 10.8. The number of rotatable bonds is 3. The van der Waals surface area contributed by atoms with Gasteiger partial charge in [0.2, 0.25) is 5.91 Å². The molecule has 0 saturated carbocycles. The van der Waals surface area contributed by atoms with Gasteiger partial charge in [0.05, 0.1) is 0 Å². The Morgan fingerprint density at radius 3 is 2.80 bits per heavy atom. The lowest BCUT2D eigenvalue weighted by Gasteiger charge is -2.10. The van der Waals surface area contributed by atoms with Gasteiger partial charge in [0.15, 0.2) is 0 Å². The summed E-state index contributed by atoms with van der Waals surface area (Å²) in [5.74, 6) is -0.382. The Kier molecular flexibility index (Phi) is 3.69. The number of hydrogen-bond acceptors (Lipinski definition) is 4. The number of nitrogens with zero attached hydrogens (tertiary/aromatic N) is 1. The summed E-state index contributed by atoms with van der Waals surface area (Å²) in [7, 11) is 0. The zero-order valence-electron chi connectivity index (χ0n) is 10.8. The summed E-state index contributed by atoms with van der Waals surface area (Å²) in [5.41, 5.74) is 6.51. The van der Waals surface area contributed by atoms with E-state index < -0.39 is 11.2 Å². The number of aromatic nitrogens is 2. The largest absolute Gasteiger partial charge is 0.399 e. The SMILES string of the molecule is Cc1ccc(N)cc1NC(=O)Cn1ccc(=O)[nH]c1=O. The third-order valence-electron chi connectivity index (χ3n) is 2.75. The minimum absolute atomic E-state index is 0.191. The van der Waals surface area contributed by atoms with Crippen LogP contribution in [0.5, 0.6) is 0 Å². The van der Waals surface area contributed by atoms with Gasteiger partial charge < -0.3 is 11.1 Å². The molecule has 0 spiro atoms. The summed E-state index contributed by atoms with van der Waals surface area (Å²) in [4.78, 5) is 36.3. The molecule has 0 radical (unpaired) electrons. The second kappa shape index (κ2) is 5.43. The molecule has 0 aliphatic rings. The highest BCUT2D eigenvalue weighted by Crippen LogP contribution is 2.17. The molecule has 1 aromatic heterocycles. The summed E-state index contributed by atoms with van der Waals surface area (Å²) in [6.45, 7) is 1.64. The van der Waals surface area contributed by atoms with Crippen LogP contribution in [0.25, 0.3) is 0 Å². The van der Waals surface area contributed by atoms with E-state index in [1.165, 1.54) is 12.3 Å². The molecule has 2 aromatic rings. The van der Waals surface area contributed by atoms with Crippen molar-refractivity contribution < 1.29 is 4.79 Å². The Morgan fingerprint density at radius 1 is 1.35 bits per heavy atom. The summed E-state index contributed by atoms with van der Waals surface area (Å²) in [5, 5.41) is 2.67. The van der Waals surface area contributed by atoms with Crippen LogP contribution in [0.1, 0.15) is 5.56 Å². The average Bonchev–Trinajstić information content (AvgIpc) is 2.37. The van der Waals surface area contributed by atoms with Crippen molar-refractivity contribution in [1.82, 2.24) is 9.55 Å². The fourth-order valence-corrected chi connectivity index (χ4v) is 1.69. The van der Waals surface area contributed by atoms with Gasteiger partial charge in [0, 0.05) is 23.6 Å². The lowest BCUT2D eigenvalue weighted by Crippen LogP contribution is -2.32. The Hall–Kier alpha value is -2.83. The van der Waals surface area contributed by atoms with Crippen LogP contribution in [0.4, 0.5) is 11.4 Å². The van der Waals surface area contributed by atoms with Crippen LogP contribution in [0, 0.1) is 6.92 Å². The van der Waals surface area contributed by atoms with Crippen molar-refractivity contribution >= 4 is 17.3 Å². The summed E-state index contributed by atoms with van der Waals surface area (Å²) in [6, 6.07) is 6.35. The Balaban J connectivity index is 2.15. The number of amides is 1. The Labute approximate surface area is 114 Å². The zero-order chi connectivity index (χ0) is 14.7. The lowest BCUT2D eigenvalue weighted by atomic mass is 10.2. The standard InChI is InChI=1S/C13H14N4O3/c1-8-2-3-9(14)6-10(8)15-12(19)7-17-5-4-11(18)16-13(17)20/h2-6H,7,14H2,1H3,(H,15,19)(H,16,18,20). The number of carbonyl (C=O) groups excluding carboxylic acids is 1. The molecule has 0 unspecified atom stereocenters. The molecule has 0 atom stereocenters. The molecule has 0 saturated heterocycles. The minimum atomic E-state index is -0.628. The van der Waals surface area contributed by atoms with Crippen LogP contribution < -0.4 is 22.3 Å². The third-order valence-corrected chi connectivity index (χ3v) is 2.75. The highest BCUT2D eigenvalue weighted by Gasteiger charge is 2.07. The molecule has 1 heterocycles. The van der Waals surface area contributed by atoms with E-state index in [4.69, 9.17) is 5.73 Å². The van der Waals surface area contributed by atoms with E-state index in [1.54, 1.807) is 18.2 Å². The molecule has 1 aromatic carbocycles. The predicted molar refractivity (Wildman–Crippen MR) is 75.5 cm³/mol. The van der Waals surface area contributed by atoms with Gasteiger partial charge in [0.25, 0.3) is 5.56 Å². The molecular formula is C13H14N4O3. The molecule has 20 heavy (non-hydrogen) atoms. The molecule has 4 N–H and O–H groups in total. The Bertz CT molecular complexity index is 761. The number of nitrogens with two attached hydrogens (primary N) is 1. The van der Waals surface area contributed by atoms with E-state index in [0.29, 0.717) is 11.4 Å². The molecular weight excluding hydrogens is 260 g/mol. The summed E-state index contributed by atoms with van der Waals surface area (Å²) >= 11 is 0. The van der Waals surface area contributed by atoms with E-state index in [1.807, 2.05) is 6.92 Å². The van der Waals surface area contributed by atoms with Crippen LogP contribution in [0.15, 0.2) is 40.1 Å². The summed E-state index contributed by atoms with van der Waals surface area (Å²) in [6.07, 6.45) is 1.27. The van der Waals surface area contributed by atoms with Crippen molar-refractivity contribution in [3.05, 3.63) is 56.9 Å². The molecule has 0 bridgehead atoms. The topological polar surface area (TPSA) is 110 Å². The average molecular weight is 274 g/mol. The van der Waals surface area contributed by atoms with Crippen molar-refractivity contribution in [3.8, 4) is 0 Å². The van der Waals surface area contributed by atoms with E-state index in [9.17, 15) is 14.4 Å². The molecule has 7 heteroatoms. The summed E-state index contributed by atoms with van der Waals surface area (Å²) < 4.78 is 1.11. The van der Waals surface area contributed by atoms with E-state index in [-0.39, 0.29) is 12.5 Å². The number of nitrogens with one attached hydrogen (secondary N) is 2. The number of nitrogen functional groups attached to an aromatic ring is 1. The van der Waals surface area contributed by atoms with Gasteiger partial charge in [-0.2, -0.15) is 0 Å².